The normalized spacial score (nSPS) is 12.0. The van der Waals surface area contributed by atoms with Gasteiger partial charge in [-0.15, -0.1) is 0 Å². The summed E-state index contributed by atoms with van der Waals surface area (Å²) in [5.74, 6) is 0. The number of aromatic nitrogens is 4. The van der Waals surface area contributed by atoms with Gasteiger partial charge in [0.05, 0.1) is 22.1 Å². The van der Waals surface area contributed by atoms with E-state index in [1.807, 2.05) is 20.0 Å². The van der Waals surface area contributed by atoms with Gasteiger partial charge in [-0.25, -0.2) is 13.1 Å². The molecule has 122 valence electrons. The molecule has 2 heterocycles. The van der Waals surface area contributed by atoms with Crippen molar-refractivity contribution < 1.29 is 8.42 Å². The minimum Gasteiger partial charge on any atom is -0.271 e. The highest BCUT2D eigenvalue weighted by molar-refractivity contribution is 9.10. The van der Waals surface area contributed by atoms with Crippen molar-refractivity contribution in [1.82, 2.24) is 24.3 Å². The molecule has 0 bridgehead atoms. The molecule has 0 radical (unpaired) electrons. The number of nitrogens with one attached hydrogen (secondary N) is 1. The molecule has 22 heavy (non-hydrogen) atoms. The Hall–Kier alpha value is -1.19. The van der Waals surface area contributed by atoms with Crippen molar-refractivity contribution in [3.8, 4) is 0 Å². The van der Waals surface area contributed by atoms with E-state index in [0.29, 0.717) is 31.7 Å². The molecule has 0 unspecified atom stereocenters. The van der Waals surface area contributed by atoms with Crippen LogP contribution in [0.3, 0.4) is 0 Å². The zero-order valence-corrected chi connectivity index (χ0v) is 15.3. The summed E-state index contributed by atoms with van der Waals surface area (Å²) < 4.78 is 31.5. The monoisotopic (exact) mass is 389 g/mol. The first-order valence-electron chi connectivity index (χ1n) is 7.06. The Bertz CT molecular complexity index is 731. The van der Waals surface area contributed by atoms with E-state index in [1.54, 1.807) is 16.3 Å². The molecule has 0 spiro atoms. The van der Waals surface area contributed by atoms with E-state index in [-0.39, 0.29) is 4.90 Å². The molecule has 2 aromatic heterocycles. The van der Waals surface area contributed by atoms with Gasteiger partial charge in [0.15, 0.2) is 0 Å². The molecule has 0 fully saturated rings. The maximum absolute atomic E-state index is 12.3. The molecule has 9 heteroatoms. The Balaban J connectivity index is 1.91. The molecular weight excluding hydrogens is 370 g/mol. The van der Waals surface area contributed by atoms with Gasteiger partial charge in [0.25, 0.3) is 0 Å². The van der Waals surface area contributed by atoms with E-state index >= 15 is 0 Å². The van der Waals surface area contributed by atoms with E-state index in [0.717, 1.165) is 10.2 Å². The lowest BCUT2D eigenvalue weighted by molar-refractivity contribution is 0.550. The largest absolute Gasteiger partial charge is 0.271 e. The van der Waals surface area contributed by atoms with Gasteiger partial charge in [-0.3, -0.25) is 9.36 Å². The van der Waals surface area contributed by atoms with Crippen molar-refractivity contribution in [2.75, 3.05) is 6.54 Å². The number of rotatable bonds is 7. The second-order valence-electron chi connectivity index (χ2n) is 4.99. The first-order chi connectivity index (χ1) is 10.3. The SMILES string of the molecule is CCn1ncc(S(=O)(=O)NCCCn2cc(Br)c(C)n2)c1C. The van der Waals surface area contributed by atoms with E-state index in [1.165, 1.54) is 6.20 Å². The van der Waals surface area contributed by atoms with E-state index in [4.69, 9.17) is 0 Å². The Morgan fingerprint density at radius 3 is 2.64 bits per heavy atom. The average molecular weight is 390 g/mol. The van der Waals surface area contributed by atoms with Crippen LogP contribution in [0, 0.1) is 13.8 Å². The molecule has 0 aliphatic carbocycles. The number of sulfonamides is 1. The topological polar surface area (TPSA) is 81.8 Å². The lowest BCUT2D eigenvalue weighted by atomic mass is 10.4. The summed E-state index contributed by atoms with van der Waals surface area (Å²) in [5, 5.41) is 8.38. The summed E-state index contributed by atoms with van der Waals surface area (Å²) >= 11 is 3.40. The molecule has 1 N–H and O–H groups in total. The zero-order valence-electron chi connectivity index (χ0n) is 12.9. The third-order valence-electron chi connectivity index (χ3n) is 3.39. The van der Waals surface area contributed by atoms with Crippen LogP contribution in [-0.4, -0.2) is 34.5 Å². The lowest BCUT2D eigenvalue weighted by Gasteiger charge is -2.07. The summed E-state index contributed by atoms with van der Waals surface area (Å²) in [6.45, 7) is 7.26. The van der Waals surface area contributed by atoms with Crippen LogP contribution < -0.4 is 4.72 Å². The highest BCUT2D eigenvalue weighted by Gasteiger charge is 2.19. The van der Waals surface area contributed by atoms with Gasteiger partial charge >= 0.3 is 0 Å². The van der Waals surface area contributed by atoms with Crippen LogP contribution in [0.15, 0.2) is 21.8 Å². The number of hydrogen-bond donors (Lipinski definition) is 1. The quantitative estimate of drug-likeness (QED) is 0.732. The minimum absolute atomic E-state index is 0.243. The molecule has 0 saturated heterocycles. The minimum atomic E-state index is -3.51. The maximum atomic E-state index is 12.3. The van der Waals surface area contributed by atoms with Crippen molar-refractivity contribution in [1.29, 1.82) is 0 Å². The maximum Gasteiger partial charge on any atom is 0.243 e. The fourth-order valence-corrected chi connectivity index (χ4v) is 3.71. The molecule has 2 rings (SSSR count). The van der Waals surface area contributed by atoms with Gasteiger partial charge in [0, 0.05) is 25.8 Å². The standard InChI is InChI=1S/C13H20BrN5O2S/c1-4-19-11(3)13(8-15-19)22(20,21)16-6-5-7-18-9-12(14)10(2)17-18/h8-9,16H,4-7H2,1-3H3. The molecule has 0 amide bonds. The van der Waals surface area contributed by atoms with Gasteiger partial charge in [-0.05, 0) is 43.1 Å². The van der Waals surface area contributed by atoms with Crippen LogP contribution in [0.1, 0.15) is 24.7 Å². The first kappa shape index (κ1) is 17.2. The van der Waals surface area contributed by atoms with Crippen molar-refractivity contribution in [2.24, 2.45) is 0 Å². The summed E-state index contributed by atoms with van der Waals surface area (Å²) in [5.41, 5.74) is 1.57. The molecule has 0 aliphatic heterocycles. The highest BCUT2D eigenvalue weighted by Crippen LogP contribution is 2.15. The van der Waals surface area contributed by atoms with Crippen LogP contribution in [0.25, 0.3) is 0 Å². The first-order valence-corrected chi connectivity index (χ1v) is 9.34. The molecule has 0 aromatic carbocycles. The summed E-state index contributed by atoms with van der Waals surface area (Å²) in [6.07, 6.45) is 3.95. The Morgan fingerprint density at radius 1 is 1.36 bits per heavy atom. The number of aryl methyl sites for hydroxylation is 3. The van der Waals surface area contributed by atoms with Crippen LogP contribution >= 0.6 is 15.9 Å². The summed E-state index contributed by atoms with van der Waals surface area (Å²) in [7, 11) is -3.51. The number of nitrogens with zero attached hydrogens (tertiary/aromatic N) is 4. The van der Waals surface area contributed by atoms with Crippen molar-refractivity contribution in [3.05, 3.63) is 28.3 Å². The third-order valence-corrected chi connectivity index (χ3v) is 5.73. The van der Waals surface area contributed by atoms with Gasteiger partial charge in [0.2, 0.25) is 10.0 Å². The Kier molecular flexibility index (Phi) is 5.41. The average Bonchev–Trinajstić information content (AvgIpc) is 2.98. The van der Waals surface area contributed by atoms with Crippen molar-refractivity contribution in [3.63, 3.8) is 0 Å². The summed E-state index contributed by atoms with van der Waals surface area (Å²) in [4.78, 5) is 0.243. The molecule has 0 aliphatic rings. The molecule has 0 saturated carbocycles. The van der Waals surface area contributed by atoms with Gasteiger partial charge < -0.3 is 0 Å². The predicted molar refractivity (Wildman–Crippen MR) is 87.1 cm³/mol. The van der Waals surface area contributed by atoms with Crippen LogP contribution in [0.4, 0.5) is 0 Å². The second kappa shape index (κ2) is 6.93. The number of hydrogen-bond acceptors (Lipinski definition) is 4. The van der Waals surface area contributed by atoms with Crippen molar-refractivity contribution in [2.45, 2.75) is 45.2 Å². The summed E-state index contributed by atoms with van der Waals surface area (Å²) in [6, 6.07) is 0. The van der Waals surface area contributed by atoms with Gasteiger partial charge in [-0.1, -0.05) is 0 Å². The van der Waals surface area contributed by atoms with E-state index in [2.05, 4.69) is 30.8 Å². The molecule has 7 nitrogen and oxygen atoms in total. The molecule has 0 atom stereocenters. The smallest absolute Gasteiger partial charge is 0.243 e. The zero-order chi connectivity index (χ0) is 16.3. The van der Waals surface area contributed by atoms with Crippen LogP contribution in [0.2, 0.25) is 0 Å². The Labute approximate surface area is 138 Å². The molecular formula is C13H20BrN5O2S. The van der Waals surface area contributed by atoms with Gasteiger partial charge in [-0.2, -0.15) is 10.2 Å². The molecule has 2 aromatic rings. The van der Waals surface area contributed by atoms with Crippen LogP contribution in [-0.2, 0) is 23.1 Å². The fourth-order valence-electron chi connectivity index (χ4n) is 2.15. The van der Waals surface area contributed by atoms with E-state index < -0.39 is 10.0 Å². The van der Waals surface area contributed by atoms with E-state index in [9.17, 15) is 8.42 Å². The third kappa shape index (κ3) is 3.76. The van der Waals surface area contributed by atoms with Gasteiger partial charge in [0.1, 0.15) is 4.90 Å². The predicted octanol–water partition coefficient (Wildman–Crippen LogP) is 1.85. The Morgan fingerprint density at radius 2 is 2.09 bits per heavy atom. The van der Waals surface area contributed by atoms with Crippen molar-refractivity contribution >= 4 is 26.0 Å². The highest BCUT2D eigenvalue weighted by atomic mass is 79.9. The van der Waals surface area contributed by atoms with Crippen LogP contribution in [0.5, 0.6) is 0 Å². The number of halogens is 1. The lowest BCUT2D eigenvalue weighted by Crippen LogP contribution is -2.26. The fraction of sp³-hybridized carbons (Fsp3) is 0.538. The second-order valence-corrected chi connectivity index (χ2v) is 7.58.